The molecule has 32 heavy (non-hydrogen) atoms. The number of likely N-dealkylation sites (tertiary alicyclic amines) is 1. The number of ether oxygens (including phenoxy) is 6. The van der Waals surface area contributed by atoms with Crippen molar-refractivity contribution in [3.8, 4) is 11.5 Å². The number of aromatic nitrogens is 1. The Labute approximate surface area is 188 Å². The van der Waals surface area contributed by atoms with Gasteiger partial charge in [-0.3, -0.25) is 9.78 Å². The third-order valence-corrected chi connectivity index (χ3v) is 5.35. The van der Waals surface area contributed by atoms with Gasteiger partial charge in [-0.05, 0) is 23.8 Å². The number of β-lactam (4-membered cyclic amide) rings is 1. The van der Waals surface area contributed by atoms with Crippen molar-refractivity contribution in [2.24, 2.45) is 0 Å². The predicted molar refractivity (Wildman–Crippen MR) is 115 cm³/mol. The fraction of sp³-hybridized carbons (Fsp3) is 0.478. The number of carbonyl (C=O) groups is 1. The Bertz CT molecular complexity index is 877. The van der Waals surface area contributed by atoms with Crippen molar-refractivity contribution in [2.45, 2.75) is 24.7 Å². The molecule has 3 rings (SSSR count). The van der Waals surface area contributed by atoms with E-state index < -0.39 is 11.6 Å². The summed E-state index contributed by atoms with van der Waals surface area (Å²) in [6.07, 6.45) is 1.88. The third-order valence-electron chi connectivity index (χ3n) is 5.35. The molecule has 0 N–H and O–H groups in total. The van der Waals surface area contributed by atoms with E-state index in [9.17, 15) is 4.79 Å². The molecule has 0 spiro atoms. The molecule has 174 valence electrons. The molecule has 0 bridgehead atoms. The van der Waals surface area contributed by atoms with Crippen LogP contribution < -0.4 is 9.47 Å². The van der Waals surface area contributed by atoms with Crippen LogP contribution in [0.5, 0.6) is 11.5 Å². The smallest absolute Gasteiger partial charge is 0.259 e. The van der Waals surface area contributed by atoms with E-state index in [1.165, 1.54) is 7.11 Å². The monoisotopic (exact) mass is 446 g/mol. The molecule has 1 fully saturated rings. The minimum Gasteiger partial charge on any atom is -0.497 e. The number of benzene rings is 1. The molecular formula is C23H30N2O7. The number of pyridine rings is 1. The molecule has 2 atom stereocenters. The second kappa shape index (κ2) is 11.2. The highest BCUT2D eigenvalue weighted by molar-refractivity contribution is 5.93. The van der Waals surface area contributed by atoms with Crippen LogP contribution in [0.3, 0.4) is 0 Å². The lowest BCUT2D eigenvalue weighted by Crippen LogP contribution is -2.77. The molecule has 2 heterocycles. The molecule has 1 aliphatic rings. The number of methoxy groups -OCH3 is 4. The maximum atomic E-state index is 13.2. The average molecular weight is 447 g/mol. The van der Waals surface area contributed by atoms with Crippen LogP contribution in [0.4, 0.5) is 0 Å². The number of rotatable bonds is 13. The first-order chi connectivity index (χ1) is 15.6. The number of carbonyl (C=O) groups excluding carboxylic acids is 1. The van der Waals surface area contributed by atoms with Crippen LogP contribution >= 0.6 is 0 Å². The largest absolute Gasteiger partial charge is 0.497 e. The first-order valence-electron chi connectivity index (χ1n) is 10.2. The van der Waals surface area contributed by atoms with E-state index >= 15 is 0 Å². The van der Waals surface area contributed by atoms with Crippen LogP contribution in [0, 0.1) is 0 Å². The SMILES string of the molecule is COCO[C@@]1(Cc2cc(OC)ccn2)C(=O)N(COC)[C@H]1COc1ccc(COC)cc1. The van der Waals surface area contributed by atoms with Gasteiger partial charge in [0.25, 0.3) is 5.91 Å². The highest BCUT2D eigenvalue weighted by Gasteiger charge is 2.62. The van der Waals surface area contributed by atoms with Gasteiger partial charge in [0.05, 0.1) is 13.7 Å². The first-order valence-corrected chi connectivity index (χ1v) is 10.2. The first kappa shape index (κ1) is 23.9. The number of amides is 1. The minimum atomic E-state index is -1.19. The topological polar surface area (TPSA) is 88.6 Å². The fourth-order valence-corrected chi connectivity index (χ4v) is 3.76. The molecule has 1 aromatic heterocycles. The van der Waals surface area contributed by atoms with Gasteiger partial charge in [0.2, 0.25) is 0 Å². The Morgan fingerprint density at radius 2 is 1.78 bits per heavy atom. The lowest BCUT2D eigenvalue weighted by Gasteiger charge is -2.54. The summed E-state index contributed by atoms with van der Waals surface area (Å²) in [5.41, 5.74) is 0.519. The maximum absolute atomic E-state index is 13.2. The Balaban J connectivity index is 1.82. The van der Waals surface area contributed by atoms with E-state index in [-0.39, 0.29) is 32.5 Å². The Morgan fingerprint density at radius 3 is 2.44 bits per heavy atom. The van der Waals surface area contributed by atoms with Gasteiger partial charge in [-0.2, -0.15) is 0 Å². The molecule has 1 amide bonds. The lowest BCUT2D eigenvalue weighted by molar-refractivity contribution is -0.236. The maximum Gasteiger partial charge on any atom is 0.259 e. The van der Waals surface area contributed by atoms with E-state index in [1.54, 1.807) is 44.6 Å². The Kier molecular flexibility index (Phi) is 8.40. The summed E-state index contributed by atoms with van der Waals surface area (Å²) in [6.45, 7) is 0.828. The zero-order chi connectivity index (χ0) is 23.0. The normalized spacial score (nSPS) is 20.2. The van der Waals surface area contributed by atoms with Crippen molar-refractivity contribution in [3.05, 3.63) is 53.9 Å². The molecular weight excluding hydrogens is 416 g/mol. The van der Waals surface area contributed by atoms with Gasteiger partial charge < -0.3 is 33.3 Å². The molecule has 1 saturated heterocycles. The number of hydrogen-bond acceptors (Lipinski definition) is 8. The molecule has 9 heteroatoms. The van der Waals surface area contributed by atoms with Gasteiger partial charge in [0.15, 0.2) is 5.60 Å². The highest BCUT2D eigenvalue weighted by atomic mass is 16.7. The summed E-state index contributed by atoms with van der Waals surface area (Å²) in [6, 6.07) is 10.8. The number of nitrogens with zero attached hydrogens (tertiary/aromatic N) is 2. The minimum absolute atomic E-state index is 0.0429. The van der Waals surface area contributed by atoms with Crippen molar-refractivity contribution >= 4 is 5.91 Å². The third kappa shape index (κ3) is 5.18. The van der Waals surface area contributed by atoms with Gasteiger partial charge in [0.1, 0.15) is 37.7 Å². The lowest BCUT2D eigenvalue weighted by atomic mass is 9.78. The summed E-state index contributed by atoms with van der Waals surface area (Å²) < 4.78 is 32.8. The summed E-state index contributed by atoms with van der Waals surface area (Å²) in [7, 11) is 6.29. The summed E-state index contributed by atoms with van der Waals surface area (Å²) >= 11 is 0. The average Bonchev–Trinajstić information content (AvgIpc) is 2.82. The van der Waals surface area contributed by atoms with E-state index in [2.05, 4.69) is 4.98 Å². The van der Waals surface area contributed by atoms with Crippen molar-refractivity contribution in [2.75, 3.05) is 48.6 Å². The van der Waals surface area contributed by atoms with Gasteiger partial charge in [-0.1, -0.05) is 12.1 Å². The van der Waals surface area contributed by atoms with Gasteiger partial charge in [0, 0.05) is 45.7 Å². The standard InChI is InChI=1S/C23H30N2O7/c1-27-13-17-5-7-19(8-6-17)31-14-21-23(32-16-29-3,22(26)25(21)15-28-2)12-18-11-20(30-4)9-10-24-18/h5-11,21H,12-16H2,1-4H3/t21-,23+/m0/s1. The molecule has 2 aromatic rings. The Hall–Kier alpha value is -2.72. The van der Waals surface area contributed by atoms with Crippen LogP contribution in [0.15, 0.2) is 42.6 Å². The molecule has 1 aliphatic heterocycles. The van der Waals surface area contributed by atoms with Crippen molar-refractivity contribution < 1.29 is 33.2 Å². The number of hydrogen-bond donors (Lipinski definition) is 0. The van der Waals surface area contributed by atoms with Crippen molar-refractivity contribution in [3.63, 3.8) is 0 Å². The zero-order valence-corrected chi connectivity index (χ0v) is 18.9. The molecule has 1 aromatic carbocycles. The predicted octanol–water partition coefficient (Wildman–Crippen LogP) is 2.03. The fourth-order valence-electron chi connectivity index (χ4n) is 3.76. The van der Waals surface area contributed by atoms with E-state index in [0.29, 0.717) is 23.8 Å². The quantitative estimate of drug-likeness (QED) is 0.341. The van der Waals surface area contributed by atoms with Crippen LogP contribution in [-0.4, -0.2) is 76.0 Å². The van der Waals surface area contributed by atoms with E-state index in [1.807, 2.05) is 24.3 Å². The van der Waals surface area contributed by atoms with Crippen LogP contribution in [-0.2, 0) is 36.8 Å². The molecule has 9 nitrogen and oxygen atoms in total. The molecule has 0 saturated carbocycles. The Morgan fingerprint density at radius 1 is 1.00 bits per heavy atom. The van der Waals surface area contributed by atoms with Gasteiger partial charge in [-0.15, -0.1) is 0 Å². The molecule has 0 unspecified atom stereocenters. The van der Waals surface area contributed by atoms with E-state index in [0.717, 1.165) is 5.56 Å². The van der Waals surface area contributed by atoms with Crippen molar-refractivity contribution in [1.29, 1.82) is 0 Å². The van der Waals surface area contributed by atoms with Crippen LogP contribution in [0.25, 0.3) is 0 Å². The highest BCUT2D eigenvalue weighted by Crippen LogP contribution is 2.38. The molecule has 0 aliphatic carbocycles. The van der Waals surface area contributed by atoms with Crippen LogP contribution in [0.1, 0.15) is 11.3 Å². The van der Waals surface area contributed by atoms with Gasteiger partial charge in [-0.25, -0.2) is 0 Å². The second-order valence-corrected chi connectivity index (χ2v) is 7.40. The summed E-state index contributed by atoms with van der Waals surface area (Å²) in [5, 5.41) is 0. The summed E-state index contributed by atoms with van der Waals surface area (Å²) in [4.78, 5) is 19.2. The van der Waals surface area contributed by atoms with Gasteiger partial charge >= 0.3 is 0 Å². The van der Waals surface area contributed by atoms with Crippen LogP contribution in [0.2, 0.25) is 0 Å². The zero-order valence-electron chi connectivity index (χ0n) is 18.9. The summed E-state index contributed by atoms with van der Waals surface area (Å²) in [5.74, 6) is 1.13. The van der Waals surface area contributed by atoms with Crippen molar-refractivity contribution in [1.82, 2.24) is 9.88 Å². The van der Waals surface area contributed by atoms with E-state index in [4.69, 9.17) is 28.4 Å². The second-order valence-electron chi connectivity index (χ2n) is 7.40. The molecule has 0 radical (unpaired) electrons.